The molecule has 2 aromatic heterocycles. The van der Waals surface area contributed by atoms with Crippen LogP contribution in [0.3, 0.4) is 0 Å². The number of hydrogen-bond donors (Lipinski definition) is 1. The van der Waals surface area contributed by atoms with Crippen LogP contribution in [-0.4, -0.2) is 43.7 Å². The first-order chi connectivity index (χ1) is 16.0. The predicted octanol–water partition coefficient (Wildman–Crippen LogP) is 5.05. The van der Waals surface area contributed by atoms with Crippen LogP contribution in [0.5, 0.6) is 0 Å². The van der Waals surface area contributed by atoms with Crippen LogP contribution in [0.4, 0.5) is 5.69 Å². The van der Waals surface area contributed by atoms with Gasteiger partial charge in [0.25, 0.3) is 5.22 Å². The number of imidazole rings is 1. The third-order valence-corrected chi connectivity index (χ3v) is 6.22. The van der Waals surface area contributed by atoms with Crippen molar-refractivity contribution in [1.82, 2.24) is 19.7 Å². The normalized spacial score (nSPS) is 11.9. The smallest absolute Gasteiger partial charge is 0.277 e. The number of aliphatic hydroxyl groups excluding tert-OH is 1. The Morgan fingerprint density at radius 1 is 1.12 bits per heavy atom. The molecule has 0 spiro atoms. The first-order valence-corrected chi connectivity index (χ1v) is 11.6. The number of hydrogen-bond acceptors (Lipinski definition) is 8. The Morgan fingerprint density at radius 3 is 2.52 bits per heavy atom. The molecule has 1 N–H and O–H groups in total. The van der Waals surface area contributed by atoms with E-state index in [2.05, 4.69) is 40.0 Å². The number of thioether (sulfide) groups is 1. The van der Waals surface area contributed by atoms with Crippen LogP contribution in [-0.2, 0) is 7.05 Å². The number of para-hydroxylation sites is 2. The Bertz CT molecular complexity index is 1330. The molecule has 0 aliphatic rings. The summed E-state index contributed by atoms with van der Waals surface area (Å²) in [4.78, 5) is 6.75. The lowest BCUT2D eigenvalue weighted by molar-refractivity contribution is 0.418. The van der Waals surface area contributed by atoms with E-state index in [1.165, 1.54) is 11.8 Å². The van der Waals surface area contributed by atoms with Gasteiger partial charge in [-0.1, -0.05) is 23.9 Å². The van der Waals surface area contributed by atoms with Crippen LogP contribution in [0.2, 0.25) is 0 Å². The van der Waals surface area contributed by atoms with Gasteiger partial charge in [0.2, 0.25) is 5.89 Å². The SMILES string of the molecule is CCN(CC)c1ccc(-c2nnc(SC/C(O)=C(\C#N)c3nc4ccccc4n3C)o2)cc1. The van der Waals surface area contributed by atoms with Gasteiger partial charge in [-0.2, -0.15) is 5.26 Å². The molecule has 0 saturated heterocycles. The number of aromatic nitrogens is 4. The zero-order valence-corrected chi connectivity index (χ0v) is 19.5. The van der Waals surface area contributed by atoms with E-state index in [4.69, 9.17) is 4.42 Å². The topological polar surface area (TPSA) is 104 Å². The summed E-state index contributed by atoms with van der Waals surface area (Å²) in [6, 6.07) is 17.6. The van der Waals surface area contributed by atoms with E-state index in [0.29, 0.717) is 16.9 Å². The second-order valence-electron chi connectivity index (χ2n) is 7.30. The average Bonchev–Trinajstić information content (AvgIpc) is 3.45. The van der Waals surface area contributed by atoms with Crippen molar-refractivity contribution in [1.29, 1.82) is 5.26 Å². The van der Waals surface area contributed by atoms with Crippen molar-refractivity contribution in [2.45, 2.75) is 19.1 Å². The monoisotopic (exact) mass is 460 g/mol. The Morgan fingerprint density at radius 2 is 1.85 bits per heavy atom. The number of aliphatic hydroxyl groups is 1. The first-order valence-electron chi connectivity index (χ1n) is 10.6. The molecule has 0 fully saturated rings. The molecular weight excluding hydrogens is 436 g/mol. The average molecular weight is 461 g/mol. The summed E-state index contributed by atoms with van der Waals surface area (Å²) in [5, 5.41) is 28.8. The van der Waals surface area contributed by atoms with Gasteiger partial charge in [0, 0.05) is 31.4 Å². The van der Waals surface area contributed by atoms with Gasteiger partial charge >= 0.3 is 0 Å². The molecule has 0 atom stereocenters. The molecule has 0 aliphatic heterocycles. The third-order valence-electron chi connectivity index (χ3n) is 5.39. The second-order valence-corrected chi connectivity index (χ2v) is 8.22. The fourth-order valence-corrected chi connectivity index (χ4v) is 4.24. The number of rotatable bonds is 8. The van der Waals surface area contributed by atoms with Gasteiger partial charge in [0.15, 0.2) is 5.82 Å². The number of nitriles is 1. The van der Waals surface area contributed by atoms with Crippen LogP contribution in [0.15, 0.2) is 63.9 Å². The summed E-state index contributed by atoms with van der Waals surface area (Å²) in [7, 11) is 1.82. The zero-order chi connectivity index (χ0) is 23.4. The van der Waals surface area contributed by atoms with E-state index in [1.54, 1.807) is 4.57 Å². The van der Waals surface area contributed by atoms with Crippen molar-refractivity contribution in [2.75, 3.05) is 23.7 Å². The van der Waals surface area contributed by atoms with Crippen molar-refractivity contribution < 1.29 is 9.52 Å². The summed E-state index contributed by atoms with van der Waals surface area (Å²) in [5.41, 5.74) is 3.72. The predicted molar refractivity (Wildman–Crippen MR) is 130 cm³/mol. The van der Waals surface area contributed by atoms with Crippen LogP contribution in [0.25, 0.3) is 28.1 Å². The van der Waals surface area contributed by atoms with Gasteiger partial charge in [-0.15, -0.1) is 10.2 Å². The Labute approximate surface area is 196 Å². The molecule has 0 saturated carbocycles. The highest BCUT2D eigenvalue weighted by atomic mass is 32.2. The molecule has 2 aromatic carbocycles. The molecule has 0 radical (unpaired) electrons. The van der Waals surface area contributed by atoms with Crippen LogP contribution < -0.4 is 4.90 Å². The molecule has 4 aromatic rings. The molecule has 33 heavy (non-hydrogen) atoms. The van der Waals surface area contributed by atoms with E-state index >= 15 is 0 Å². The van der Waals surface area contributed by atoms with E-state index in [0.717, 1.165) is 35.4 Å². The summed E-state index contributed by atoms with van der Waals surface area (Å²) in [6.07, 6.45) is 0. The van der Waals surface area contributed by atoms with Crippen LogP contribution in [0, 0.1) is 11.3 Å². The highest BCUT2D eigenvalue weighted by Crippen LogP contribution is 2.28. The molecule has 0 amide bonds. The van der Waals surface area contributed by atoms with Crippen molar-refractivity contribution in [3.63, 3.8) is 0 Å². The maximum atomic E-state index is 10.6. The number of allylic oxidation sites excluding steroid dienone is 1. The number of benzene rings is 2. The first kappa shape index (κ1) is 22.4. The maximum Gasteiger partial charge on any atom is 0.277 e. The molecule has 0 unspecified atom stereocenters. The molecule has 0 bridgehead atoms. The quantitative estimate of drug-likeness (QED) is 0.221. The highest BCUT2D eigenvalue weighted by Gasteiger charge is 2.18. The van der Waals surface area contributed by atoms with E-state index in [9.17, 15) is 10.4 Å². The number of anilines is 1. The maximum absolute atomic E-state index is 10.6. The lowest BCUT2D eigenvalue weighted by Crippen LogP contribution is -2.21. The molecule has 0 aliphatic carbocycles. The van der Waals surface area contributed by atoms with E-state index in [-0.39, 0.29) is 17.1 Å². The largest absolute Gasteiger partial charge is 0.510 e. The molecule has 9 heteroatoms. The molecule has 4 rings (SSSR count). The van der Waals surface area contributed by atoms with Gasteiger partial charge < -0.3 is 19.0 Å². The van der Waals surface area contributed by atoms with Crippen molar-refractivity contribution in [2.24, 2.45) is 7.05 Å². The molecule has 2 heterocycles. The van der Waals surface area contributed by atoms with Gasteiger partial charge in [-0.25, -0.2) is 4.98 Å². The van der Waals surface area contributed by atoms with Crippen molar-refractivity contribution in [3.05, 3.63) is 60.1 Å². The number of nitrogens with zero attached hydrogens (tertiary/aromatic N) is 6. The Kier molecular flexibility index (Phi) is 6.66. The minimum absolute atomic E-state index is 0.0933. The fourth-order valence-electron chi connectivity index (χ4n) is 3.60. The summed E-state index contributed by atoms with van der Waals surface area (Å²) >= 11 is 1.17. The summed E-state index contributed by atoms with van der Waals surface area (Å²) in [5.74, 6) is 0.831. The molecule has 8 nitrogen and oxygen atoms in total. The minimum Gasteiger partial charge on any atom is -0.510 e. The Hall–Kier alpha value is -3.77. The van der Waals surface area contributed by atoms with Gasteiger partial charge in [0.1, 0.15) is 17.4 Å². The highest BCUT2D eigenvalue weighted by molar-refractivity contribution is 7.99. The third kappa shape index (κ3) is 4.56. The number of fused-ring (bicyclic) bond motifs is 1. The van der Waals surface area contributed by atoms with Crippen LogP contribution >= 0.6 is 11.8 Å². The lowest BCUT2D eigenvalue weighted by atomic mass is 10.2. The van der Waals surface area contributed by atoms with Gasteiger partial charge in [-0.05, 0) is 50.2 Å². The summed E-state index contributed by atoms with van der Waals surface area (Å²) < 4.78 is 7.55. The van der Waals surface area contributed by atoms with Crippen LogP contribution in [0.1, 0.15) is 19.7 Å². The summed E-state index contributed by atoms with van der Waals surface area (Å²) in [6.45, 7) is 6.12. The molecular formula is C24H24N6O2S. The van der Waals surface area contributed by atoms with Crippen molar-refractivity contribution in [3.8, 4) is 17.5 Å². The zero-order valence-electron chi connectivity index (χ0n) is 18.7. The Balaban J connectivity index is 1.49. The van der Waals surface area contributed by atoms with Crippen molar-refractivity contribution >= 4 is 34.1 Å². The molecule has 168 valence electrons. The van der Waals surface area contributed by atoms with E-state index in [1.807, 2.05) is 55.6 Å². The minimum atomic E-state index is -0.0933. The lowest BCUT2D eigenvalue weighted by Gasteiger charge is -2.20. The van der Waals surface area contributed by atoms with Gasteiger partial charge in [0.05, 0.1) is 16.8 Å². The standard InChI is InChI=1S/C24H24N6O2S/c1-4-30(5-2)17-12-10-16(11-13-17)23-27-28-24(32-23)33-15-21(31)18(14-25)22-26-19-8-6-7-9-20(19)29(22)3/h6-13,31H,4-5,15H2,1-3H3/b21-18-. The van der Waals surface area contributed by atoms with E-state index < -0.39 is 0 Å². The second kappa shape index (κ2) is 9.79. The fraction of sp³-hybridized carbons (Fsp3) is 0.250. The van der Waals surface area contributed by atoms with Gasteiger partial charge in [-0.3, -0.25) is 0 Å². The number of aryl methyl sites for hydroxylation is 1.